The highest BCUT2D eigenvalue weighted by atomic mass is 16.2. The van der Waals surface area contributed by atoms with Crippen LogP contribution in [0.5, 0.6) is 0 Å². The van der Waals surface area contributed by atoms with Gasteiger partial charge in [-0.15, -0.1) is 0 Å². The molecule has 1 aromatic heterocycles. The van der Waals surface area contributed by atoms with Gasteiger partial charge in [0.25, 0.3) is 11.8 Å². The number of benzene rings is 1. The Balaban J connectivity index is 1.75. The normalized spacial score (nSPS) is 16.6. The zero-order valence-electron chi connectivity index (χ0n) is 14.6. The van der Waals surface area contributed by atoms with Gasteiger partial charge in [-0.3, -0.25) is 14.6 Å². The van der Waals surface area contributed by atoms with Crippen LogP contribution in [0, 0.1) is 17.2 Å². The molecule has 1 aliphatic heterocycles. The molecule has 1 unspecified atom stereocenters. The Morgan fingerprint density at radius 1 is 1.31 bits per heavy atom. The Bertz CT molecular complexity index is 872. The molecule has 0 bridgehead atoms. The summed E-state index contributed by atoms with van der Waals surface area (Å²) in [7, 11) is 0. The van der Waals surface area contributed by atoms with E-state index in [9.17, 15) is 9.59 Å². The summed E-state index contributed by atoms with van der Waals surface area (Å²) < 4.78 is 0. The van der Waals surface area contributed by atoms with Crippen LogP contribution in [0.15, 0.2) is 42.6 Å². The number of aromatic nitrogens is 1. The summed E-state index contributed by atoms with van der Waals surface area (Å²) in [6, 6.07) is 11.8. The first kappa shape index (κ1) is 17.6. The highest BCUT2D eigenvalue weighted by Crippen LogP contribution is 2.18. The summed E-state index contributed by atoms with van der Waals surface area (Å²) in [5.41, 5.74) is 1.60. The largest absolute Gasteiger partial charge is 0.338 e. The van der Waals surface area contributed by atoms with Gasteiger partial charge in [-0.2, -0.15) is 5.26 Å². The number of nitriles is 1. The number of amides is 2. The predicted molar refractivity (Wildman–Crippen MR) is 97.6 cm³/mol. The molecule has 1 aromatic carbocycles. The molecule has 1 N–H and O–H groups in total. The van der Waals surface area contributed by atoms with Crippen LogP contribution < -0.4 is 5.32 Å². The number of carbonyl (C=O) groups excluding carboxylic acids is 2. The summed E-state index contributed by atoms with van der Waals surface area (Å²) in [4.78, 5) is 31.0. The van der Waals surface area contributed by atoms with Crippen LogP contribution >= 0.6 is 0 Å². The van der Waals surface area contributed by atoms with Crippen molar-refractivity contribution in [2.24, 2.45) is 5.92 Å². The zero-order chi connectivity index (χ0) is 18.5. The number of piperidine rings is 1. The van der Waals surface area contributed by atoms with E-state index in [1.54, 1.807) is 30.3 Å². The molecular formula is C20H20N4O2. The summed E-state index contributed by atoms with van der Waals surface area (Å²) in [5, 5.41) is 11.6. The lowest BCUT2D eigenvalue weighted by Crippen LogP contribution is -2.39. The summed E-state index contributed by atoms with van der Waals surface area (Å²) in [6.45, 7) is 3.62. The van der Waals surface area contributed by atoms with Gasteiger partial charge < -0.3 is 10.2 Å². The second-order valence-corrected chi connectivity index (χ2v) is 6.58. The van der Waals surface area contributed by atoms with E-state index in [-0.39, 0.29) is 11.6 Å². The molecule has 6 nitrogen and oxygen atoms in total. The maximum absolute atomic E-state index is 12.7. The molecular weight excluding hydrogens is 328 g/mol. The molecule has 26 heavy (non-hydrogen) atoms. The van der Waals surface area contributed by atoms with E-state index in [0.717, 1.165) is 25.9 Å². The lowest BCUT2D eigenvalue weighted by atomic mass is 9.99. The van der Waals surface area contributed by atoms with Gasteiger partial charge in [0.1, 0.15) is 5.69 Å². The van der Waals surface area contributed by atoms with Crippen LogP contribution in [0.2, 0.25) is 0 Å². The molecule has 3 rings (SSSR count). The van der Waals surface area contributed by atoms with E-state index in [1.165, 1.54) is 12.3 Å². The van der Waals surface area contributed by atoms with Gasteiger partial charge in [-0.25, -0.2) is 0 Å². The number of carbonyl (C=O) groups is 2. The molecule has 0 saturated carbocycles. The maximum Gasteiger partial charge on any atom is 0.274 e. The summed E-state index contributed by atoms with van der Waals surface area (Å²) in [5.74, 6) is 0.00551. The van der Waals surface area contributed by atoms with Crippen molar-refractivity contribution in [1.29, 1.82) is 5.26 Å². The molecule has 6 heteroatoms. The van der Waals surface area contributed by atoms with Crippen LogP contribution in [0.3, 0.4) is 0 Å². The Labute approximate surface area is 152 Å². The van der Waals surface area contributed by atoms with Gasteiger partial charge in [-0.05, 0) is 49.1 Å². The Hall–Kier alpha value is -3.20. The molecule has 2 heterocycles. The predicted octanol–water partition coefficient (Wildman–Crippen LogP) is 3.08. The quantitative estimate of drug-likeness (QED) is 0.923. The van der Waals surface area contributed by atoms with Crippen molar-refractivity contribution in [1.82, 2.24) is 9.88 Å². The first-order chi connectivity index (χ1) is 12.6. The van der Waals surface area contributed by atoms with E-state index in [2.05, 4.69) is 17.2 Å². The van der Waals surface area contributed by atoms with Crippen molar-refractivity contribution in [3.05, 3.63) is 59.4 Å². The molecule has 0 spiro atoms. The molecule has 1 atom stereocenters. The minimum atomic E-state index is -0.415. The van der Waals surface area contributed by atoms with Crippen LogP contribution in [-0.2, 0) is 0 Å². The lowest BCUT2D eigenvalue weighted by Gasteiger charge is -2.31. The van der Waals surface area contributed by atoms with E-state index >= 15 is 0 Å². The first-order valence-corrected chi connectivity index (χ1v) is 8.63. The van der Waals surface area contributed by atoms with E-state index in [1.807, 2.05) is 11.0 Å². The third kappa shape index (κ3) is 4.06. The Morgan fingerprint density at radius 2 is 2.15 bits per heavy atom. The second kappa shape index (κ2) is 7.79. The number of nitrogens with one attached hydrogen (secondary N) is 1. The van der Waals surface area contributed by atoms with Crippen LogP contribution in [0.1, 0.15) is 46.2 Å². The van der Waals surface area contributed by atoms with Gasteiger partial charge in [0.05, 0.1) is 11.6 Å². The van der Waals surface area contributed by atoms with Crippen molar-refractivity contribution in [2.75, 3.05) is 18.4 Å². The fourth-order valence-electron chi connectivity index (χ4n) is 3.11. The average Bonchev–Trinajstić information content (AvgIpc) is 2.67. The van der Waals surface area contributed by atoms with Crippen LogP contribution in [-0.4, -0.2) is 34.8 Å². The molecule has 2 aromatic rings. The first-order valence-electron chi connectivity index (χ1n) is 8.63. The fourth-order valence-corrected chi connectivity index (χ4v) is 3.11. The number of pyridine rings is 1. The van der Waals surface area contributed by atoms with Gasteiger partial charge in [0.2, 0.25) is 0 Å². The average molecular weight is 348 g/mol. The molecule has 132 valence electrons. The third-order valence-electron chi connectivity index (χ3n) is 4.43. The Morgan fingerprint density at radius 3 is 2.92 bits per heavy atom. The molecule has 1 saturated heterocycles. The standard InChI is InChI=1S/C20H20N4O2/c1-14-4-3-9-24(13-14)20(26)16-7-8-22-18(11-16)19(25)23-17-6-2-5-15(10-17)12-21/h2,5-8,10-11,14H,3-4,9,13H2,1H3,(H,23,25). The number of anilines is 1. The van der Waals surface area contributed by atoms with Crippen molar-refractivity contribution >= 4 is 17.5 Å². The SMILES string of the molecule is CC1CCCN(C(=O)c2ccnc(C(=O)Nc3cccc(C#N)c3)c2)C1. The third-order valence-corrected chi connectivity index (χ3v) is 4.43. The smallest absolute Gasteiger partial charge is 0.274 e. The molecule has 1 aliphatic rings. The minimum absolute atomic E-state index is 0.0699. The minimum Gasteiger partial charge on any atom is -0.338 e. The van der Waals surface area contributed by atoms with Crippen LogP contribution in [0.25, 0.3) is 0 Å². The van der Waals surface area contributed by atoms with Crippen molar-refractivity contribution in [2.45, 2.75) is 19.8 Å². The number of rotatable bonds is 3. The summed E-state index contributed by atoms with van der Waals surface area (Å²) in [6.07, 6.45) is 3.61. The van der Waals surface area contributed by atoms with E-state index in [0.29, 0.717) is 22.7 Å². The van der Waals surface area contributed by atoms with Gasteiger partial charge in [0.15, 0.2) is 0 Å². The number of nitrogens with zero attached hydrogens (tertiary/aromatic N) is 3. The zero-order valence-corrected chi connectivity index (χ0v) is 14.6. The van der Waals surface area contributed by atoms with E-state index < -0.39 is 5.91 Å². The highest BCUT2D eigenvalue weighted by Gasteiger charge is 2.23. The van der Waals surface area contributed by atoms with Crippen molar-refractivity contribution in [3.63, 3.8) is 0 Å². The maximum atomic E-state index is 12.7. The molecule has 0 aliphatic carbocycles. The van der Waals surface area contributed by atoms with Crippen molar-refractivity contribution < 1.29 is 9.59 Å². The van der Waals surface area contributed by atoms with E-state index in [4.69, 9.17) is 5.26 Å². The molecule has 2 amide bonds. The highest BCUT2D eigenvalue weighted by molar-refractivity contribution is 6.04. The monoisotopic (exact) mass is 348 g/mol. The van der Waals surface area contributed by atoms with Gasteiger partial charge in [0, 0.05) is 30.5 Å². The number of hydrogen-bond donors (Lipinski definition) is 1. The van der Waals surface area contributed by atoms with Gasteiger partial charge in [-0.1, -0.05) is 13.0 Å². The fraction of sp³-hybridized carbons (Fsp3) is 0.300. The van der Waals surface area contributed by atoms with Crippen LogP contribution in [0.4, 0.5) is 5.69 Å². The topological polar surface area (TPSA) is 86.1 Å². The molecule has 1 fully saturated rings. The molecule has 0 radical (unpaired) electrons. The number of likely N-dealkylation sites (tertiary alicyclic amines) is 1. The summed E-state index contributed by atoms with van der Waals surface area (Å²) >= 11 is 0. The second-order valence-electron chi connectivity index (χ2n) is 6.58. The lowest BCUT2D eigenvalue weighted by molar-refractivity contribution is 0.0683. The van der Waals surface area contributed by atoms with Gasteiger partial charge >= 0.3 is 0 Å². The number of hydrogen-bond acceptors (Lipinski definition) is 4. The van der Waals surface area contributed by atoms with Crippen molar-refractivity contribution in [3.8, 4) is 6.07 Å². The Kier molecular flexibility index (Phi) is 5.28.